The molecule has 3 aromatic rings. The lowest BCUT2D eigenvalue weighted by molar-refractivity contribution is -0.383. The predicted molar refractivity (Wildman–Crippen MR) is 99.2 cm³/mol. The highest BCUT2D eigenvalue weighted by atomic mass is 16.6. The van der Waals surface area contributed by atoms with Gasteiger partial charge in [0.15, 0.2) is 0 Å². The highest BCUT2D eigenvalue weighted by Gasteiger charge is 2.19. The Morgan fingerprint density at radius 2 is 2.00 bits per heavy atom. The molecule has 8 heteroatoms. The molecule has 8 nitrogen and oxygen atoms in total. The van der Waals surface area contributed by atoms with E-state index in [1.165, 1.54) is 6.07 Å². The van der Waals surface area contributed by atoms with Crippen LogP contribution in [0.3, 0.4) is 0 Å². The second kappa shape index (κ2) is 7.32. The Kier molecular flexibility index (Phi) is 4.94. The van der Waals surface area contributed by atoms with Gasteiger partial charge in [-0.05, 0) is 18.6 Å². The molecule has 0 fully saturated rings. The number of aromatic amines is 1. The van der Waals surface area contributed by atoms with Gasteiger partial charge in [-0.15, -0.1) is 0 Å². The van der Waals surface area contributed by atoms with Crippen LogP contribution >= 0.6 is 0 Å². The molecule has 3 N–H and O–H groups in total. The molecule has 0 aliphatic heterocycles. The molecule has 0 unspecified atom stereocenters. The molecule has 0 radical (unpaired) electrons. The first-order valence-electron chi connectivity index (χ1n) is 8.18. The lowest BCUT2D eigenvalue weighted by Crippen LogP contribution is -2.23. The van der Waals surface area contributed by atoms with Crippen molar-refractivity contribution in [2.75, 3.05) is 11.9 Å². The van der Waals surface area contributed by atoms with Crippen molar-refractivity contribution < 1.29 is 10.0 Å². The van der Waals surface area contributed by atoms with Crippen LogP contribution in [0.4, 0.5) is 11.4 Å². The van der Waals surface area contributed by atoms with Gasteiger partial charge >= 0.3 is 0 Å². The Morgan fingerprint density at radius 3 is 2.65 bits per heavy atom. The lowest BCUT2D eigenvalue weighted by atomic mass is 10.0. The van der Waals surface area contributed by atoms with E-state index in [-0.39, 0.29) is 23.9 Å². The van der Waals surface area contributed by atoms with Gasteiger partial charge in [-0.2, -0.15) is 5.10 Å². The number of rotatable bonds is 6. The second-order valence-electron chi connectivity index (χ2n) is 5.87. The Hall–Kier alpha value is -3.26. The van der Waals surface area contributed by atoms with Crippen molar-refractivity contribution in [3.05, 3.63) is 62.9 Å². The Bertz CT molecular complexity index is 1010. The molecule has 0 saturated carbocycles. The summed E-state index contributed by atoms with van der Waals surface area (Å²) in [4.78, 5) is 22.9. The predicted octanol–water partition coefficient (Wildman–Crippen LogP) is 2.68. The number of nitro benzene ring substituents is 1. The molecule has 134 valence electrons. The number of anilines is 1. The smallest absolute Gasteiger partial charge is 0.293 e. The van der Waals surface area contributed by atoms with E-state index in [9.17, 15) is 20.0 Å². The number of hydrogen-bond acceptors (Lipinski definition) is 6. The molecule has 0 bridgehead atoms. The molecular formula is C18H18N4O4. The van der Waals surface area contributed by atoms with Crippen molar-refractivity contribution in [1.29, 1.82) is 0 Å². The summed E-state index contributed by atoms with van der Waals surface area (Å²) in [5, 5.41) is 31.4. The molecule has 0 saturated heterocycles. The number of benzene rings is 2. The van der Waals surface area contributed by atoms with Crippen molar-refractivity contribution >= 4 is 22.1 Å². The van der Waals surface area contributed by atoms with Crippen LogP contribution in [-0.4, -0.2) is 32.9 Å². The maximum absolute atomic E-state index is 11.9. The van der Waals surface area contributed by atoms with Gasteiger partial charge in [0, 0.05) is 23.1 Å². The molecule has 0 spiro atoms. The van der Waals surface area contributed by atoms with E-state index in [4.69, 9.17) is 0 Å². The van der Waals surface area contributed by atoms with Gasteiger partial charge in [0.2, 0.25) is 0 Å². The van der Waals surface area contributed by atoms with Gasteiger partial charge in [0.25, 0.3) is 11.2 Å². The minimum atomic E-state index is -0.482. The third kappa shape index (κ3) is 3.27. The first-order chi connectivity index (χ1) is 12.5. The van der Waals surface area contributed by atoms with Crippen LogP contribution in [-0.2, 0) is 0 Å². The van der Waals surface area contributed by atoms with E-state index in [1.54, 1.807) is 36.4 Å². The minimum Gasteiger partial charge on any atom is -0.394 e. The molecule has 2 aromatic carbocycles. The van der Waals surface area contributed by atoms with Crippen molar-refractivity contribution in [1.82, 2.24) is 10.2 Å². The van der Waals surface area contributed by atoms with E-state index in [2.05, 4.69) is 15.5 Å². The molecule has 1 heterocycles. The number of hydrogen-bond donors (Lipinski definition) is 3. The normalized spacial score (nSPS) is 12.1. The number of aliphatic hydroxyl groups excluding tert-OH is 1. The van der Waals surface area contributed by atoms with Crippen LogP contribution < -0.4 is 10.9 Å². The number of H-pyrrole nitrogens is 1. The zero-order valence-corrected chi connectivity index (χ0v) is 14.1. The maximum Gasteiger partial charge on any atom is 0.293 e. The highest BCUT2D eigenvalue weighted by Crippen LogP contribution is 2.32. The average Bonchev–Trinajstić information content (AvgIpc) is 2.66. The fourth-order valence-corrected chi connectivity index (χ4v) is 2.78. The molecule has 0 amide bonds. The van der Waals surface area contributed by atoms with Crippen LogP contribution in [0.5, 0.6) is 0 Å². The molecule has 1 aromatic heterocycles. The van der Waals surface area contributed by atoms with Crippen LogP contribution in [0.1, 0.15) is 13.3 Å². The van der Waals surface area contributed by atoms with Gasteiger partial charge in [-0.25, -0.2) is 5.10 Å². The summed E-state index contributed by atoms with van der Waals surface area (Å²) < 4.78 is 0. The minimum absolute atomic E-state index is 0.119. The fourth-order valence-electron chi connectivity index (χ4n) is 2.78. The van der Waals surface area contributed by atoms with E-state index in [0.717, 1.165) is 0 Å². The molecule has 0 aliphatic carbocycles. The van der Waals surface area contributed by atoms with Crippen molar-refractivity contribution in [2.45, 2.75) is 19.4 Å². The highest BCUT2D eigenvalue weighted by molar-refractivity contribution is 5.94. The van der Waals surface area contributed by atoms with Gasteiger partial charge in [-0.3, -0.25) is 14.9 Å². The van der Waals surface area contributed by atoms with Gasteiger partial charge < -0.3 is 10.4 Å². The summed E-state index contributed by atoms with van der Waals surface area (Å²) in [7, 11) is 0. The van der Waals surface area contributed by atoms with Crippen molar-refractivity contribution in [3.63, 3.8) is 0 Å². The molecule has 0 aliphatic rings. The van der Waals surface area contributed by atoms with Crippen molar-refractivity contribution in [2.24, 2.45) is 0 Å². The summed E-state index contributed by atoms with van der Waals surface area (Å²) in [6.45, 7) is 1.76. The summed E-state index contributed by atoms with van der Waals surface area (Å²) in [5.74, 6) is 0. The summed E-state index contributed by atoms with van der Waals surface area (Å²) in [5.41, 5.74) is 0.876. The van der Waals surface area contributed by atoms with E-state index < -0.39 is 4.92 Å². The average molecular weight is 354 g/mol. The van der Waals surface area contributed by atoms with Crippen molar-refractivity contribution in [3.8, 4) is 11.3 Å². The quantitative estimate of drug-likeness (QED) is 0.462. The summed E-state index contributed by atoms with van der Waals surface area (Å²) >= 11 is 0. The molecule has 1 atom stereocenters. The fraction of sp³-hybridized carbons (Fsp3) is 0.222. The lowest BCUT2D eigenvalue weighted by Gasteiger charge is -2.16. The Labute approximate surface area is 148 Å². The number of nitrogens with zero attached hydrogens (tertiary/aromatic N) is 2. The molecule has 3 rings (SSSR count). The zero-order valence-electron chi connectivity index (χ0n) is 14.1. The number of aliphatic hydroxyl groups is 1. The monoisotopic (exact) mass is 354 g/mol. The van der Waals surface area contributed by atoms with Gasteiger partial charge in [0.1, 0.15) is 5.69 Å². The number of nitro groups is 1. The topological polar surface area (TPSA) is 121 Å². The third-order valence-corrected chi connectivity index (χ3v) is 4.24. The molecular weight excluding hydrogens is 336 g/mol. The van der Waals surface area contributed by atoms with Crippen LogP contribution in [0.2, 0.25) is 0 Å². The van der Waals surface area contributed by atoms with Crippen LogP contribution in [0.15, 0.2) is 47.3 Å². The summed E-state index contributed by atoms with van der Waals surface area (Å²) in [6, 6.07) is 11.4. The maximum atomic E-state index is 11.9. The first-order valence-corrected chi connectivity index (χ1v) is 8.18. The first kappa shape index (κ1) is 17.6. The van der Waals surface area contributed by atoms with Crippen LogP contribution in [0, 0.1) is 10.1 Å². The summed E-state index contributed by atoms with van der Waals surface area (Å²) in [6.07, 6.45) is 0.627. The Morgan fingerprint density at radius 1 is 1.27 bits per heavy atom. The SMILES string of the molecule is CC[C@@H](CO)Nc1ccc(-c2n[nH]c(=O)c3ccccc23)cc1[N+](=O)[O-]. The van der Waals surface area contributed by atoms with E-state index >= 15 is 0 Å². The number of fused-ring (bicyclic) bond motifs is 1. The third-order valence-electron chi connectivity index (χ3n) is 4.24. The van der Waals surface area contributed by atoms with Gasteiger partial charge in [0.05, 0.1) is 22.6 Å². The Balaban J connectivity index is 2.13. The molecule has 26 heavy (non-hydrogen) atoms. The van der Waals surface area contributed by atoms with Gasteiger partial charge in [-0.1, -0.05) is 31.2 Å². The van der Waals surface area contributed by atoms with Crippen LogP contribution in [0.25, 0.3) is 22.0 Å². The number of aromatic nitrogens is 2. The van der Waals surface area contributed by atoms with E-state index in [1.807, 2.05) is 6.92 Å². The largest absolute Gasteiger partial charge is 0.394 e. The second-order valence-corrected chi connectivity index (χ2v) is 5.87. The number of nitrogens with one attached hydrogen (secondary N) is 2. The van der Waals surface area contributed by atoms with E-state index in [0.29, 0.717) is 34.1 Å². The standard InChI is InChI=1S/C18H18N4O4/c1-2-12(10-23)19-15-8-7-11(9-16(15)22(25)26)17-13-5-3-4-6-14(13)18(24)21-20-17/h3-9,12,19,23H,2,10H2,1H3,(H,21,24)/t12-/m0/s1. The zero-order chi connectivity index (χ0) is 18.7.